The van der Waals surface area contributed by atoms with Gasteiger partial charge >= 0.3 is 0 Å². The van der Waals surface area contributed by atoms with Gasteiger partial charge in [0, 0.05) is 4.88 Å². The van der Waals surface area contributed by atoms with Crippen molar-refractivity contribution in [3.63, 3.8) is 0 Å². The van der Waals surface area contributed by atoms with Gasteiger partial charge in [0.2, 0.25) is 5.76 Å². The Morgan fingerprint density at radius 3 is 2.73 bits per heavy atom. The summed E-state index contributed by atoms with van der Waals surface area (Å²) < 4.78 is 25.6. The molecule has 4 aromatic rings. The monoisotopic (exact) mass is 464 g/mol. The number of ether oxygens (including phenoxy) is 1. The van der Waals surface area contributed by atoms with Gasteiger partial charge in [-0.05, 0) is 56.2 Å². The van der Waals surface area contributed by atoms with Crippen molar-refractivity contribution in [2.75, 3.05) is 11.5 Å². The molecule has 168 valence electrons. The topological polar surface area (TPSA) is 72.6 Å². The normalized spacial score (nSPS) is 15.3. The zero-order valence-corrected chi connectivity index (χ0v) is 19.2. The fourth-order valence-electron chi connectivity index (χ4n) is 4.01. The van der Waals surface area contributed by atoms with Crippen LogP contribution in [0.2, 0.25) is 0 Å². The van der Waals surface area contributed by atoms with E-state index in [1.54, 1.807) is 0 Å². The van der Waals surface area contributed by atoms with Gasteiger partial charge in [-0.25, -0.2) is 9.37 Å². The lowest BCUT2D eigenvalue weighted by Crippen LogP contribution is -2.29. The van der Waals surface area contributed by atoms with Crippen molar-refractivity contribution in [1.29, 1.82) is 0 Å². The van der Waals surface area contributed by atoms with Crippen LogP contribution in [0.15, 0.2) is 51.7 Å². The smallest absolute Gasteiger partial charge is 0.297 e. The number of aromatic nitrogens is 1. The SMILES string of the molecule is CCCOc1cccc(C2c3c(oc4ccc(F)cc4c3=O)C(=O)N2c2nc(C)c(C)s2)c1. The lowest BCUT2D eigenvalue weighted by atomic mass is 9.98. The van der Waals surface area contributed by atoms with Crippen molar-refractivity contribution in [2.24, 2.45) is 0 Å². The summed E-state index contributed by atoms with van der Waals surface area (Å²) in [5, 5.41) is 0.569. The summed E-state index contributed by atoms with van der Waals surface area (Å²) in [6.45, 7) is 6.36. The first kappa shape index (κ1) is 21.3. The fraction of sp³-hybridized carbons (Fsp3) is 0.240. The molecule has 0 N–H and O–H groups in total. The Morgan fingerprint density at radius 2 is 2.00 bits per heavy atom. The van der Waals surface area contributed by atoms with Crippen molar-refractivity contribution < 1.29 is 18.3 Å². The second-order valence-electron chi connectivity index (χ2n) is 7.95. The Morgan fingerprint density at radius 1 is 1.18 bits per heavy atom. The van der Waals surface area contributed by atoms with E-state index in [0.29, 0.717) is 23.1 Å². The third-order valence-corrected chi connectivity index (χ3v) is 6.77. The molecule has 8 heteroatoms. The van der Waals surface area contributed by atoms with E-state index in [9.17, 15) is 14.0 Å². The Labute approximate surface area is 193 Å². The number of hydrogen-bond donors (Lipinski definition) is 0. The second-order valence-corrected chi connectivity index (χ2v) is 9.13. The number of fused-ring (bicyclic) bond motifs is 2. The van der Waals surface area contributed by atoms with Crippen molar-refractivity contribution in [1.82, 2.24) is 4.98 Å². The maximum Gasteiger partial charge on any atom is 0.297 e. The number of anilines is 1. The highest BCUT2D eigenvalue weighted by Crippen LogP contribution is 2.43. The molecule has 33 heavy (non-hydrogen) atoms. The van der Waals surface area contributed by atoms with Gasteiger partial charge < -0.3 is 9.15 Å². The fourth-order valence-corrected chi connectivity index (χ4v) is 4.95. The largest absolute Gasteiger partial charge is 0.494 e. The Kier molecular flexibility index (Phi) is 5.25. The summed E-state index contributed by atoms with van der Waals surface area (Å²) in [4.78, 5) is 34.2. The molecule has 0 saturated heterocycles. The molecule has 2 aromatic heterocycles. The summed E-state index contributed by atoms with van der Waals surface area (Å²) >= 11 is 1.37. The van der Waals surface area contributed by atoms with Crippen LogP contribution in [-0.2, 0) is 0 Å². The van der Waals surface area contributed by atoms with E-state index in [1.165, 1.54) is 28.4 Å². The molecule has 2 aromatic carbocycles. The zero-order valence-electron chi connectivity index (χ0n) is 18.3. The third kappa shape index (κ3) is 3.51. The van der Waals surface area contributed by atoms with E-state index < -0.39 is 23.2 Å². The molecule has 1 atom stereocenters. The van der Waals surface area contributed by atoms with E-state index in [1.807, 2.05) is 45.0 Å². The highest BCUT2D eigenvalue weighted by atomic mass is 32.1. The minimum Gasteiger partial charge on any atom is -0.494 e. The quantitative estimate of drug-likeness (QED) is 0.388. The average molecular weight is 465 g/mol. The van der Waals surface area contributed by atoms with Crippen LogP contribution >= 0.6 is 11.3 Å². The first-order chi connectivity index (χ1) is 15.9. The number of rotatable bonds is 5. The molecule has 0 fully saturated rings. The predicted octanol–water partition coefficient (Wildman–Crippen LogP) is 5.54. The maximum atomic E-state index is 13.9. The lowest BCUT2D eigenvalue weighted by Gasteiger charge is -2.23. The van der Waals surface area contributed by atoms with Crippen molar-refractivity contribution in [2.45, 2.75) is 33.2 Å². The number of nitrogens with zero attached hydrogens (tertiary/aromatic N) is 2. The van der Waals surface area contributed by atoms with Gasteiger partial charge in [-0.1, -0.05) is 19.1 Å². The molecule has 0 spiro atoms. The van der Waals surface area contributed by atoms with Crippen LogP contribution in [0.1, 0.15) is 51.6 Å². The molecular weight excluding hydrogens is 443 g/mol. The number of thiazole rings is 1. The molecule has 1 aliphatic heterocycles. The molecule has 1 aliphatic rings. The number of carbonyl (C=O) groups is 1. The Hall–Kier alpha value is -3.52. The van der Waals surface area contributed by atoms with Crippen LogP contribution in [0.25, 0.3) is 11.0 Å². The Balaban J connectivity index is 1.76. The third-order valence-electron chi connectivity index (χ3n) is 5.70. The standard InChI is InChI=1S/C25H21FN2O4S/c1-4-10-31-17-7-5-6-15(11-17)21-20-22(29)18-12-16(26)8-9-19(18)32-23(20)24(30)28(21)25-27-13(2)14(3)33-25/h5-9,11-12,21H,4,10H2,1-3H3. The van der Waals surface area contributed by atoms with Gasteiger partial charge in [0.15, 0.2) is 10.6 Å². The molecular formula is C25H21FN2O4S. The minimum absolute atomic E-state index is 0.0468. The van der Waals surface area contributed by atoms with Crippen molar-refractivity contribution >= 4 is 33.3 Å². The Bertz CT molecular complexity index is 1440. The summed E-state index contributed by atoms with van der Waals surface area (Å²) in [6, 6.07) is 10.2. The molecule has 6 nitrogen and oxygen atoms in total. The maximum absolute atomic E-state index is 13.9. The lowest BCUT2D eigenvalue weighted by molar-refractivity contribution is 0.0971. The van der Waals surface area contributed by atoms with Crippen LogP contribution in [0.3, 0.4) is 0 Å². The van der Waals surface area contributed by atoms with Gasteiger partial charge in [0.25, 0.3) is 5.91 Å². The number of benzene rings is 2. The first-order valence-corrected chi connectivity index (χ1v) is 11.5. The van der Waals surface area contributed by atoms with Crippen LogP contribution in [0, 0.1) is 19.7 Å². The molecule has 0 bridgehead atoms. The van der Waals surface area contributed by atoms with E-state index in [4.69, 9.17) is 9.15 Å². The molecule has 1 unspecified atom stereocenters. The number of halogens is 1. The minimum atomic E-state index is -0.772. The van der Waals surface area contributed by atoms with Crippen LogP contribution < -0.4 is 15.1 Å². The number of carbonyl (C=O) groups excluding carboxylic acids is 1. The predicted molar refractivity (Wildman–Crippen MR) is 125 cm³/mol. The summed E-state index contributed by atoms with van der Waals surface area (Å²) in [7, 11) is 0. The molecule has 3 heterocycles. The van der Waals surface area contributed by atoms with Crippen LogP contribution in [0.4, 0.5) is 9.52 Å². The molecule has 0 aliphatic carbocycles. The zero-order chi connectivity index (χ0) is 23.3. The van der Waals surface area contributed by atoms with E-state index >= 15 is 0 Å². The molecule has 0 saturated carbocycles. The van der Waals surface area contributed by atoms with Gasteiger partial charge in [-0.2, -0.15) is 0 Å². The molecule has 0 radical (unpaired) electrons. The number of aryl methyl sites for hydroxylation is 2. The molecule has 5 rings (SSSR count). The van der Waals surface area contributed by atoms with Gasteiger partial charge in [0.1, 0.15) is 17.1 Å². The highest BCUT2D eigenvalue weighted by Gasteiger charge is 2.45. The first-order valence-electron chi connectivity index (χ1n) is 10.7. The molecule has 1 amide bonds. The van der Waals surface area contributed by atoms with Crippen molar-refractivity contribution in [3.05, 3.63) is 86.0 Å². The number of hydrogen-bond acceptors (Lipinski definition) is 6. The second kappa shape index (κ2) is 8.12. The highest BCUT2D eigenvalue weighted by molar-refractivity contribution is 7.15. The summed E-state index contributed by atoms with van der Waals surface area (Å²) in [5.74, 6) is -0.409. The van der Waals surface area contributed by atoms with E-state index in [-0.39, 0.29) is 22.3 Å². The summed E-state index contributed by atoms with van der Waals surface area (Å²) in [5.41, 5.74) is 1.40. The van der Waals surface area contributed by atoms with Crippen LogP contribution in [0.5, 0.6) is 5.75 Å². The van der Waals surface area contributed by atoms with Gasteiger partial charge in [-0.3, -0.25) is 14.5 Å². The number of amides is 1. The van der Waals surface area contributed by atoms with Gasteiger partial charge in [0.05, 0.1) is 29.3 Å². The van der Waals surface area contributed by atoms with E-state index in [2.05, 4.69) is 4.98 Å². The van der Waals surface area contributed by atoms with E-state index in [0.717, 1.165) is 23.1 Å². The van der Waals surface area contributed by atoms with Crippen molar-refractivity contribution in [3.8, 4) is 5.75 Å². The summed E-state index contributed by atoms with van der Waals surface area (Å²) in [6.07, 6.45) is 0.847. The van der Waals surface area contributed by atoms with Crippen LogP contribution in [-0.4, -0.2) is 17.5 Å². The average Bonchev–Trinajstić information content (AvgIpc) is 3.29. The van der Waals surface area contributed by atoms with Gasteiger partial charge in [-0.15, -0.1) is 11.3 Å².